The molecule has 3 rings (SSSR count). The maximum Gasteiger partial charge on any atom is 0.277 e. The van der Waals surface area contributed by atoms with Gasteiger partial charge in [0, 0.05) is 31.6 Å². The van der Waals surface area contributed by atoms with Crippen molar-refractivity contribution in [2.45, 2.75) is 19.4 Å². The van der Waals surface area contributed by atoms with E-state index in [4.69, 9.17) is 4.52 Å². The van der Waals surface area contributed by atoms with Gasteiger partial charge in [-0.2, -0.15) is 4.98 Å². The van der Waals surface area contributed by atoms with Gasteiger partial charge in [0.05, 0.1) is 11.6 Å². The van der Waals surface area contributed by atoms with Crippen molar-refractivity contribution in [3.05, 3.63) is 16.7 Å². The minimum Gasteiger partial charge on any atom is -0.332 e. The van der Waals surface area contributed by atoms with Crippen LogP contribution in [0.2, 0.25) is 0 Å². The Morgan fingerprint density at radius 3 is 3.00 bits per heavy atom. The maximum absolute atomic E-state index is 5.32. The predicted molar refractivity (Wildman–Crippen MR) is 72.9 cm³/mol. The summed E-state index contributed by atoms with van der Waals surface area (Å²) < 4.78 is 5.32. The Hall–Kier alpha value is -1.31. The summed E-state index contributed by atoms with van der Waals surface area (Å²) in [6, 6.07) is 0.234. The van der Waals surface area contributed by atoms with E-state index in [1.54, 1.807) is 5.51 Å². The Labute approximate surface area is 115 Å². The largest absolute Gasteiger partial charge is 0.332 e. The van der Waals surface area contributed by atoms with Gasteiger partial charge in [-0.1, -0.05) is 12.1 Å². The third-order valence-corrected chi connectivity index (χ3v) is 3.96. The fraction of sp³-hybridized carbons (Fsp3) is 0.583. The fourth-order valence-electron chi connectivity index (χ4n) is 2.39. The van der Waals surface area contributed by atoms with Crippen LogP contribution in [0.15, 0.2) is 15.4 Å². The molecule has 1 saturated heterocycles. The van der Waals surface area contributed by atoms with E-state index in [0.717, 1.165) is 44.1 Å². The summed E-state index contributed by atoms with van der Waals surface area (Å²) in [6.07, 6.45) is 0.982. The maximum atomic E-state index is 5.32. The van der Waals surface area contributed by atoms with Gasteiger partial charge in [-0.25, -0.2) is 4.98 Å². The first-order valence-corrected chi connectivity index (χ1v) is 7.49. The summed E-state index contributed by atoms with van der Waals surface area (Å²) in [6.45, 7) is 6.25. The molecule has 2 aromatic heterocycles. The van der Waals surface area contributed by atoms with E-state index in [2.05, 4.69) is 32.3 Å². The monoisotopic (exact) mass is 279 g/mol. The van der Waals surface area contributed by atoms with Crippen LogP contribution >= 0.6 is 11.3 Å². The van der Waals surface area contributed by atoms with E-state index in [-0.39, 0.29) is 6.04 Å². The molecule has 7 heteroatoms. The van der Waals surface area contributed by atoms with E-state index in [9.17, 15) is 0 Å². The topological polar surface area (TPSA) is 67.1 Å². The Balaban J connectivity index is 1.79. The molecule has 6 nitrogen and oxygen atoms in total. The first-order valence-electron chi connectivity index (χ1n) is 6.55. The highest BCUT2D eigenvalue weighted by Gasteiger charge is 2.25. The molecule has 2 aromatic rings. The molecule has 1 fully saturated rings. The molecule has 0 saturated carbocycles. The summed E-state index contributed by atoms with van der Waals surface area (Å²) in [4.78, 5) is 11.1. The summed E-state index contributed by atoms with van der Waals surface area (Å²) in [5.41, 5.74) is 2.53. The van der Waals surface area contributed by atoms with Crippen LogP contribution in [-0.2, 0) is 0 Å². The molecule has 1 N–H and O–H groups in total. The highest BCUT2D eigenvalue weighted by Crippen LogP contribution is 2.24. The summed E-state index contributed by atoms with van der Waals surface area (Å²) in [5.74, 6) is 1.29. The van der Waals surface area contributed by atoms with Gasteiger partial charge in [0.15, 0.2) is 5.82 Å². The first kappa shape index (κ1) is 12.7. The van der Waals surface area contributed by atoms with Crippen LogP contribution in [0.1, 0.15) is 25.2 Å². The molecule has 19 heavy (non-hydrogen) atoms. The molecule has 0 radical (unpaired) electrons. The van der Waals surface area contributed by atoms with Crippen molar-refractivity contribution in [3.63, 3.8) is 0 Å². The summed E-state index contributed by atoms with van der Waals surface area (Å²) in [5, 5.41) is 9.41. The number of thiazole rings is 1. The van der Waals surface area contributed by atoms with Crippen LogP contribution in [0, 0.1) is 0 Å². The Kier molecular flexibility index (Phi) is 3.86. The lowest BCUT2D eigenvalue weighted by atomic mass is 10.1. The zero-order valence-corrected chi connectivity index (χ0v) is 11.7. The lowest BCUT2D eigenvalue weighted by Gasteiger charge is -2.32. The first-order chi connectivity index (χ1) is 9.38. The standard InChI is InChI=1S/C12H17N5OS/c1-2-10(17-5-3-13-4-6-17)11-15-12(18-16-11)9-7-19-8-14-9/h7-8,10,13H,2-6H2,1H3. The second kappa shape index (κ2) is 5.77. The van der Waals surface area contributed by atoms with Gasteiger partial charge in [0.2, 0.25) is 0 Å². The lowest BCUT2D eigenvalue weighted by Crippen LogP contribution is -2.45. The molecule has 0 aromatic carbocycles. The van der Waals surface area contributed by atoms with Gasteiger partial charge in [-0.05, 0) is 6.42 Å². The van der Waals surface area contributed by atoms with E-state index in [1.807, 2.05) is 5.38 Å². The molecule has 0 aliphatic carbocycles. The molecule has 0 amide bonds. The van der Waals surface area contributed by atoms with Crippen LogP contribution in [0.4, 0.5) is 0 Å². The fourth-order valence-corrected chi connectivity index (χ4v) is 2.92. The molecule has 102 valence electrons. The van der Waals surface area contributed by atoms with Crippen molar-refractivity contribution >= 4 is 11.3 Å². The second-order valence-corrected chi connectivity index (χ2v) is 5.26. The molecule has 1 atom stereocenters. The zero-order valence-electron chi connectivity index (χ0n) is 10.9. The molecule has 0 bridgehead atoms. The molecule has 1 aliphatic rings. The highest BCUT2D eigenvalue weighted by atomic mass is 32.1. The Morgan fingerprint density at radius 2 is 2.32 bits per heavy atom. The van der Waals surface area contributed by atoms with Crippen LogP contribution in [0.25, 0.3) is 11.6 Å². The van der Waals surface area contributed by atoms with Crippen molar-refractivity contribution in [2.75, 3.05) is 26.2 Å². The highest BCUT2D eigenvalue weighted by molar-refractivity contribution is 7.07. The number of nitrogens with one attached hydrogen (secondary N) is 1. The number of hydrogen-bond acceptors (Lipinski definition) is 7. The van der Waals surface area contributed by atoms with Gasteiger partial charge in [-0.3, -0.25) is 4.90 Å². The van der Waals surface area contributed by atoms with E-state index < -0.39 is 0 Å². The third kappa shape index (κ3) is 2.68. The van der Waals surface area contributed by atoms with E-state index >= 15 is 0 Å². The summed E-state index contributed by atoms with van der Waals surface area (Å²) in [7, 11) is 0. The van der Waals surface area contributed by atoms with Gasteiger partial charge in [0.25, 0.3) is 5.89 Å². The molecule has 3 heterocycles. The van der Waals surface area contributed by atoms with E-state index in [0.29, 0.717) is 5.89 Å². The third-order valence-electron chi connectivity index (χ3n) is 3.37. The van der Waals surface area contributed by atoms with Gasteiger partial charge >= 0.3 is 0 Å². The van der Waals surface area contributed by atoms with Crippen molar-refractivity contribution in [2.24, 2.45) is 0 Å². The summed E-state index contributed by atoms with van der Waals surface area (Å²) >= 11 is 1.53. The average Bonchev–Trinajstić information content (AvgIpc) is 3.11. The van der Waals surface area contributed by atoms with Crippen molar-refractivity contribution in [1.82, 2.24) is 25.3 Å². The zero-order chi connectivity index (χ0) is 13.1. The number of aromatic nitrogens is 3. The quantitative estimate of drug-likeness (QED) is 0.916. The SMILES string of the molecule is CCC(c1noc(-c2cscn2)n1)N1CCNCC1. The second-order valence-electron chi connectivity index (χ2n) is 4.54. The Morgan fingerprint density at radius 1 is 1.47 bits per heavy atom. The number of hydrogen-bond donors (Lipinski definition) is 1. The number of rotatable bonds is 4. The minimum absolute atomic E-state index is 0.234. The molecular formula is C12H17N5OS. The lowest BCUT2D eigenvalue weighted by molar-refractivity contribution is 0.160. The normalized spacial score (nSPS) is 18.6. The average molecular weight is 279 g/mol. The predicted octanol–water partition coefficient (Wildman–Crippen LogP) is 1.55. The van der Waals surface area contributed by atoms with Crippen LogP contribution in [0.5, 0.6) is 0 Å². The van der Waals surface area contributed by atoms with Crippen LogP contribution in [-0.4, -0.2) is 46.2 Å². The molecule has 1 aliphatic heterocycles. The number of nitrogens with zero attached hydrogens (tertiary/aromatic N) is 4. The van der Waals surface area contributed by atoms with Gasteiger partial charge in [0.1, 0.15) is 5.69 Å². The van der Waals surface area contributed by atoms with Crippen molar-refractivity contribution in [3.8, 4) is 11.6 Å². The Bertz CT molecular complexity index is 506. The van der Waals surface area contributed by atoms with Gasteiger partial charge < -0.3 is 9.84 Å². The smallest absolute Gasteiger partial charge is 0.277 e. The van der Waals surface area contributed by atoms with Crippen LogP contribution < -0.4 is 5.32 Å². The molecular weight excluding hydrogens is 262 g/mol. The molecule has 0 spiro atoms. The van der Waals surface area contributed by atoms with Gasteiger partial charge in [-0.15, -0.1) is 11.3 Å². The minimum atomic E-state index is 0.234. The van der Waals surface area contributed by atoms with Crippen molar-refractivity contribution < 1.29 is 4.52 Å². The number of piperazine rings is 1. The van der Waals surface area contributed by atoms with Crippen molar-refractivity contribution in [1.29, 1.82) is 0 Å². The van der Waals surface area contributed by atoms with E-state index in [1.165, 1.54) is 11.3 Å². The molecule has 1 unspecified atom stereocenters. The van der Waals surface area contributed by atoms with Crippen LogP contribution in [0.3, 0.4) is 0 Å².